The highest BCUT2D eigenvalue weighted by atomic mass is 35.5. The predicted molar refractivity (Wildman–Crippen MR) is 208 cm³/mol. The van der Waals surface area contributed by atoms with Gasteiger partial charge in [-0.25, -0.2) is 14.7 Å². The number of halogens is 2. The van der Waals surface area contributed by atoms with Crippen LogP contribution in [0, 0.1) is 0 Å². The summed E-state index contributed by atoms with van der Waals surface area (Å²) < 4.78 is 45.5. The molecule has 0 fully saturated rings. The van der Waals surface area contributed by atoms with Crippen molar-refractivity contribution in [2.45, 2.75) is 19.6 Å². The lowest BCUT2D eigenvalue weighted by atomic mass is 10.1. The number of para-hydroxylation sites is 1. The molecule has 56 heavy (non-hydrogen) atoms. The smallest absolute Gasteiger partial charge is 0.417 e. The predicted octanol–water partition coefficient (Wildman–Crippen LogP) is 8.03. The largest absolute Gasteiger partial charge is 0.496 e. The maximum Gasteiger partial charge on any atom is 0.417 e. The maximum atomic E-state index is 13.3. The number of nitrogens with zero attached hydrogens (tertiary/aromatic N) is 1. The monoisotopic (exact) mass is 828 g/mol. The molecule has 0 aliphatic carbocycles. The van der Waals surface area contributed by atoms with E-state index >= 15 is 0 Å². The first-order valence-electron chi connectivity index (χ1n) is 16.2. The number of carboxylic acid groups (broad SMARTS) is 1. The second-order valence-corrected chi connectivity index (χ2v) is 13.9. The number of hydrogen-bond acceptors (Lipinski definition) is 12. The molecule has 3 amide bonds. The molecule has 0 saturated heterocycles. The number of benzene rings is 4. The number of fused-ring (bicyclic) bond motifs is 1. The molecule has 0 aliphatic rings. The fourth-order valence-electron chi connectivity index (χ4n) is 4.87. The van der Waals surface area contributed by atoms with Crippen LogP contribution < -0.4 is 34.5 Å². The van der Waals surface area contributed by atoms with E-state index in [0.717, 1.165) is 0 Å². The number of carboxylic acids is 1. The van der Waals surface area contributed by atoms with E-state index in [9.17, 15) is 23.7 Å². The number of nitrogens with one attached hydrogen (secondary N) is 3. The molecule has 0 spiro atoms. The van der Waals surface area contributed by atoms with Gasteiger partial charge in [0.2, 0.25) is 0 Å². The highest BCUT2D eigenvalue weighted by Gasteiger charge is 2.29. The Morgan fingerprint density at radius 1 is 0.875 bits per heavy atom. The Labute approximate surface area is 331 Å². The lowest BCUT2D eigenvalue weighted by Crippen LogP contribution is -2.33. The minimum Gasteiger partial charge on any atom is -0.496 e. The third-order valence-electron chi connectivity index (χ3n) is 7.45. The summed E-state index contributed by atoms with van der Waals surface area (Å²) in [5.74, 6) is -0.828. The van der Waals surface area contributed by atoms with Crippen molar-refractivity contribution in [2.75, 3.05) is 25.9 Å². The normalized spacial score (nSPS) is 12.2. The van der Waals surface area contributed by atoms with Crippen molar-refractivity contribution < 1.29 is 57.1 Å². The third-order valence-corrected chi connectivity index (χ3v) is 9.65. The summed E-state index contributed by atoms with van der Waals surface area (Å²) in [5, 5.41) is 16.9. The Morgan fingerprint density at radius 2 is 1.59 bits per heavy atom. The molecule has 5 rings (SSSR count). The van der Waals surface area contributed by atoms with Crippen LogP contribution in [0.4, 0.5) is 15.3 Å². The number of anilines is 1. The molecule has 1 aromatic heterocycles. The fourth-order valence-corrected chi connectivity index (χ4v) is 6.77. The molecule has 0 saturated carbocycles. The molecule has 0 aliphatic heterocycles. The third kappa shape index (κ3) is 11.6. The number of amides is 3. The van der Waals surface area contributed by atoms with E-state index in [-0.39, 0.29) is 53.1 Å². The van der Waals surface area contributed by atoms with Crippen molar-refractivity contribution in [3.63, 3.8) is 0 Å². The molecule has 2 atom stereocenters. The average molecular weight is 830 g/mol. The first kappa shape index (κ1) is 42.8. The lowest BCUT2D eigenvalue weighted by Gasteiger charge is -2.22. The molecule has 1 unspecified atom stereocenters. The number of carbonyl (C=O) groups excluding carboxylic acids is 3. The van der Waals surface area contributed by atoms with Gasteiger partial charge in [-0.1, -0.05) is 41.9 Å². The molecule has 5 aromatic rings. The van der Waals surface area contributed by atoms with Gasteiger partial charge in [0, 0.05) is 30.8 Å². The van der Waals surface area contributed by atoms with E-state index in [1.54, 1.807) is 42.5 Å². The number of aromatic nitrogens is 1. The SMILES string of the molecule is COCP(=O)(N[C@@H](C)C(=O)O)Oc1ccc(COC(=O)NC(=O)c2cc3c(Oc4ccc(NC(=O)Oc5ccccc5)c(Cl)c4)ccnc3cc2OC)cc1.Cl. The molecule has 4 aromatic carbocycles. The van der Waals surface area contributed by atoms with Crippen molar-refractivity contribution in [1.82, 2.24) is 15.4 Å². The zero-order chi connectivity index (χ0) is 39.5. The van der Waals surface area contributed by atoms with Gasteiger partial charge in [-0.3, -0.25) is 29.8 Å². The van der Waals surface area contributed by atoms with Crippen LogP contribution in [-0.4, -0.2) is 60.8 Å². The van der Waals surface area contributed by atoms with Crippen LogP contribution >= 0.6 is 31.5 Å². The molecule has 19 heteroatoms. The van der Waals surface area contributed by atoms with E-state index in [1.165, 1.54) is 75.9 Å². The number of rotatable bonds is 15. The van der Waals surface area contributed by atoms with Gasteiger partial charge in [0.05, 0.1) is 28.9 Å². The number of hydrogen-bond donors (Lipinski definition) is 4. The Balaban J connectivity index is 0.00000696. The van der Waals surface area contributed by atoms with Crippen LogP contribution in [0.2, 0.25) is 5.02 Å². The Morgan fingerprint density at radius 3 is 2.25 bits per heavy atom. The van der Waals surface area contributed by atoms with Crippen molar-refractivity contribution >= 4 is 72.2 Å². The summed E-state index contributed by atoms with van der Waals surface area (Å²) in [4.78, 5) is 53.8. The highest BCUT2D eigenvalue weighted by molar-refractivity contribution is 7.57. The lowest BCUT2D eigenvalue weighted by molar-refractivity contribution is -0.138. The Hall–Kier alpha value is -5.90. The van der Waals surface area contributed by atoms with Crippen molar-refractivity contribution in [2.24, 2.45) is 0 Å². The quantitative estimate of drug-likeness (QED) is 0.0737. The number of imide groups is 1. The van der Waals surface area contributed by atoms with Gasteiger partial charge in [0.15, 0.2) is 0 Å². The minimum absolute atomic E-state index is 0. The summed E-state index contributed by atoms with van der Waals surface area (Å²) >= 11 is 6.43. The van der Waals surface area contributed by atoms with Gasteiger partial charge in [0.25, 0.3) is 5.91 Å². The summed E-state index contributed by atoms with van der Waals surface area (Å²) in [6.07, 6.45) is -0.669. The van der Waals surface area contributed by atoms with Gasteiger partial charge < -0.3 is 33.3 Å². The number of pyridine rings is 1. The number of methoxy groups -OCH3 is 2. The molecule has 0 radical (unpaired) electrons. The van der Waals surface area contributed by atoms with Gasteiger partial charge >= 0.3 is 25.7 Å². The van der Waals surface area contributed by atoms with Gasteiger partial charge in [0.1, 0.15) is 47.7 Å². The van der Waals surface area contributed by atoms with Crippen LogP contribution in [0.25, 0.3) is 10.9 Å². The van der Waals surface area contributed by atoms with Gasteiger partial charge in [-0.2, -0.15) is 0 Å². The van der Waals surface area contributed by atoms with E-state index in [4.69, 9.17) is 44.9 Å². The van der Waals surface area contributed by atoms with E-state index in [2.05, 4.69) is 20.7 Å². The number of carbonyl (C=O) groups is 4. The maximum absolute atomic E-state index is 13.3. The second-order valence-electron chi connectivity index (χ2n) is 11.5. The zero-order valence-electron chi connectivity index (χ0n) is 29.8. The molecule has 16 nitrogen and oxygen atoms in total. The summed E-state index contributed by atoms with van der Waals surface area (Å²) in [6, 6.07) is 22.4. The Kier molecular flexibility index (Phi) is 15.0. The molecular weight excluding hydrogens is 794 g/mol. The van der Waals surface area contributed by atoms with Crippen LogP contribution in [0.15, 0.2) is 97.2 Å². The first-order chi connectivity index (χ1) is 26.4. The summed E-state index contributed by atoms with van der Waals surface area (Å²) in [6.45, 7) is 1.07. The van der Waals surface area contributed by atoms with Crippen molar-refractivity contribution in [3.05, 3.63) is 113 Å². The van der Waals surface area contributed by atoms with Crippen molar-refractivity contribution in [3.8, 4) is 28.7 Å². The average Bonchev–Trinajstić information content (AvgIpc) is 3.15. The van der Waals surface area contributed by atoms with Crippen LogP contribution in [0.1, 0.15) is 22.8 Å². The standard InChI is InChI=1S/C37H34ClN4O12P.ClH/c1-22(35(44)45)42-55(48,21-49-2)54-25-11-9-23(10-12-25)20-51-36(46)41-34(43)28-18-27-31(19-33(28)50-3)39-16-15-32(27)52-26-13-14-30(29(38)17-26)40-37(47)53-24-7-5-4-6-8-24;/h4-19,22H,20-21H2,1-3H3,(H,40,47)(H,42,48)(H,44,45)(H,41,43,46);1H/t22-,55?;/m0./s1. The fraction of sp³-hybridized carbons (Fsp3) is 0.162. The molecule has 1 heterocycles. The molecular formula is C37H35Cl2N4O12P. The number of ether oxygens (including phenoxy) is 5. The van der Waals surface area contributed by atoms with Crippen molar-refractivity contribution in [1.29, 1.82) is 0 Å². The summed E-state index contributed by atoms with van der Waals surface area (Å²) in [7, 11) is -1.08. The topological polar surface area (TPSA) is 210 Å². The van der Waals surface area contributed by atoms with Crippen LogP contribution in [-0.2, 0) is 25.4 Å². The van der Waals surface area contributed by atoms with Gasteiger partial charge in [-0.05, 0) is 61.0 Å². The molecule has 0 bridgehead atoms. The molecule has 294 valence electrons. The number of aliphatic carboxylic acids is 1. The molecule has 4 N–H and O–H groups in total. The van der Waals surface area contributed by atoms with Gasteiger partial charge in [-0.15, -0.1) is 12.4 Å². The van der Waals surface area contributed by atoms with Crippen LogP contribution in [0.3, 0.4) is 0 Å². The highest BCUT2D eigenvalue weighted by Crippen LogP contribution is 2.43. The van der Waals surface area contributed by atoms with E-state index in [1.807, 2.05) is 0 Å². The zero-order valence-corrected chi connectivity index (χ0v) is 32.3. The second kappa shape index (κ2) is 19.6. The Bertz CT molecular complexity index is 2250. The minimum atomic E-state index is -3.73. The first-order valence-corrected chi connectivity index (χ1v) is 18.4. The van der Waals surface area contributed by atoms with E-state index in [0.29, 0.717) is 33.7 Å². The summed E-state index contributed by atoms with van der Waals surface area (Å²) in [5.41, 5.74) is 1.17. The van der Waals surface area contributed by atoms with Crippen LogP contribution in [0.5, 0.6) is 28.7 Å². The van der Waals surface area contributed by atoms with E-state index < -0.39 is 37.6 Å². The number of alkyl carbamates (subject to hydrolysis) is 1.